The smallest absolute Gasteiger partial charge is 0.293 e. The lowest BCUT2D eigenvalue weighted by atomic mass is 10.1. The van der Waals surface area contributed by atoms with E-state index in [1.165, 1.54) is 11.2 Å². The highest BCUT2D eigenvalue weighted by Crippen LogP contribution is 2.27. The van der Waals surface area contributed by atoms with E-state index in [0.29, 0.717) is 46.6 Å². The minimum atomic E-state index is -0.339. The van der Waals surface area contributed by atoms with Crippen molar-refractivity contribution in [3.63, 3.8) is 0 Å². The summed E-state index contributed by atoms with van der Waals surface area (Å²) in [4.78, 5) is 26.6. The molecule has 0 bridgehead atoms. The number of halogens is 2. The maximum atomic E-state index is 12.7. The Morgan fingerprint density at radius 2 is 1.90 bits per heavy atom. The third-order valence-corrected chi connectivity index (χ3v) is 4.84. The highest BCUT2D eigenvalue weighted by molar-refractivity contribution is 6.35. The fourth-order valence-electron chi connectivity index (χ4n) is 2.78. The molecule has 1 heterocycles. The largest absolute Gasteiger partial charge is 0.492 e. The second-order valence-corrected chi connectivity index (χ2v) is 7.23. The van der Waals surface area contributed by atoms with Gasteiger partial charge in [-0.25, -0.2) is 0 Å². The summed E-state index contributed by atoms with van der Waals surface area (Å²) in [6, 6.07) is 15.1. The quantitative estimate of drug-likeness (QED) is 0.490. The normalized spacial score (nSPS) is 10.5. The Morgan fingerprint density at radius 1 is 1.10 bits per heavy atom. The highest BCUT2D eigenvalue weighted by atomic mass is 35.5. The summed E-state index contributed by atoms with van der Waals surface area (Å²) < 4.78 is 10.8. The van der Waals surface area contributed by atoms with Gasteiger partial charge in [-0.1, -0.05) is 35.3 Å². The van der Waals surface area contributed by atoms with Gasteiger partial charge in [0.2, 0.25) is 0 Å². The number of hydrogen-bond donors (Lipinski definition) is 1. The zero-order valence-corrected chi connectivity index (χ0v) is 17.7. The van der Waals surface area contributed by atoms with Gasteiger partial charge in [-0.15, -0.1) is 0 Å². The lowest BCUT2D eigenvalue weighted by Gasteiger charge is -2.19. The minimum Gasteiger partial charge on any atom is -0.492 e. The molecule has 3 rings (SSSR count). The first kappa shape index (κ1) is 21.7. The molecule has 0 unspecified atom stereocenters. The number of rotatable bonds is 8. The van der Waals surface area contributed by atoms with E-state index in [2.05, 4.69) is 5.32 Å². The zero-order valence-electron chi connectivity index (χ0n) is 16.2. The van der Waals surface area contributed by atoms with Crippen molar-refractivity contribution in [1.29, 1.82) is 0 Å². The molecule has 0 saturated heterocycles. The molecule has 0 radical (unpaired) electrons. The van der Waals surface area contributed by atoms with Crippen LogP contribution in [0.4, 0.5) is 5.69 Å². The number of nitrogens with one attached hydrogen (secondary N) is 1. The van der Waals surface area contributed by atoms with Crippen molar-refractivity contribution in [2.45, 2.75) is 6.42 Å². The second-order valence-electron chi connectivity index (χ2n) is 6.39. The van der Waals surface area contributed by atoms with Gasteiger partial charge in [-0.2, -0.15) is 0 Å². The van der Waals surface area contributed by atoms with Crippen molar-refractivity contribution < 1.29 is 18.7 Å². The molecule has 30 heavy (non-hydrogen) atoms. The fraction of sp³-hybridized carbons (Fsp3) is 0.182. The van der Waals surface area contributed by atoms with E-state index in [1.807, 2.05) is 0 Å². The van der Waals surface area contributed by atoms with E-state index in [0.717, 1.165) is 0 Å². The predicted molar refractivity (Wildman–Crippen MR) is 117 cm³/mol. The van der Waals surface area contributed by atoms with Gasteiger partial charge in [0, 0.05) is 18.6 Å². The predicted octanol–water partition coefficient (Wildman–Crippen LogP) is 5.06. The van der Waals surface area contributed by atoms with Crippen molar-refractivity contribution in [3.8, 4) is 5.75 Å². The lowest BCUT2D eigenvalue weighted by molar-refractivity contribution is 0.0951. The van der Waals surface area contributed by atoms with Crippen molar-refractivity contribution in [2.24, 2.45) is 0 Å². The SMILES string of the molecule is CN(C(=O)c1ccco1)c1ccccc1C(=O)NCCCOc1ccc(Cl)cc1Cl. The zero-order chi connectivity index (χ0) is 21.5. The number of ether oxygens (including phenoxy) is 1. The van der Waals surface area contributed by atoms with Crippen molar-refractivity contribution in [2.75, 3.05) is 25.1 Å². The van der Waals surface area contributed by atoms with Gasteiger partial charge in [0.1, 0.15) is 5.75 Å². The van der Waals surface area contributed by atoms with Crippen LogP contribution in [0.5, 0.6) is 5.75 Å². The first-order chi connectivity index (χ1) is 14.5. The first-order valence-electron chi connectivity index (χ1n) is 9.24. The lowest BCUT2D eigenvalue weighted by Crippen LogP contribution is -2.31. The van der Waals surface area contributed by atoms with E-state index in [9.17, 15) is 9.59 Å². The molecule has 0 aliphatic heterocycles. The first-order valence-corrected chi connectivity index (χ1v) is 9.99. The van der Waals surface area contributed by atoms with Crippen LogP contribution in [0.15, 0.2) is 65.3 Å². The number of carbonyl (C=O) groups excluding carboxylic acids is 2. The van der Waals surface area contributed by atoms with Crippen LogP contribution in [0.2, 0.25) is 10.0 Å². The van der Waals surface area contributed by atoms with Crippen LogP contribution in [0.3, 0.4) is 0 Å². The maximum absolute atomic E-state index is 12.7. The third kappa shape index (κ3) is 5.34. The summed E-state index contributed by atoms with van der Waals surface area (Å²) in [6.07, 6.45) is 2.01. The molecule has 156 valence electrons. The summed E-state index contributed by atoms with van der Waals surface area (Å²) in [6.45, 7) is 0.772. The number of anilines is 1. The summed E-state index contributed by atoms with van der Waals surface area (Å²) >= 11 is 11.9. The number of amides is 2. The molecule has 2 amide bonds. The van der Waals surface area contributed by atoms with Gasteiger partial charge in [0.05, 0.1) is 29.1 Å². The van der Waals surface area contributed by atoms with Crippen LogP contribution in [-0.4, -0.2) is 32.0 Å². The molecule has 0 spiro atoms. The van der Waals surface area contributed by atoms with Crippen LogP contribution in [0.25, 0.3) is 0 Å². The monoisotopic (exact) mass is 446 g/mol. The summed E-state index contributed by atoms with van der Waals surface area (Å²) in [5, 5.41) is 3.81. The molecule has 0 saturated carbocycles. The fourth-order valence-corrected chi connectivity index (χ4v) is 3.24. The molecule has 1 aromatic heterocycles. The molecular weight excluding hydrogens is 427 g/mol. The summed E-state index contributed by atoms with van der Waals surface area (Å²) in [5.41, 5.74) is 0.877. The molecule has 6 nitrogen and oxygen atoms in total. The Hall–Kier alpha value is -2.96. The van der Waals surface area contributed by atoms with Crippen LogP contribution in [-0.2, 0) is 0 Å². The van der Waals surface area contributed by atoms with E-state index in [-0.39, 0.29) is 17.6 Å². The molecule has 3 aromatic rings. The number of nitrogens with zero attached hydrogens (tertiary/aromatic N) is 1. The number of carbonyl (C=O) groups is 2. The number of furan rings is 1. The van der Waals surface area contributed by atoms with Gasteiger partial charge < -0.3 is 19.4 Å². The minimum absolute atomic E-state index is 0.200. The third-order valence-electron chi connectivity index (χ3n) is 4.30. The van der Waals surface area contributed by atoms with Crippen molar-refractivity contribution in [1.82, 2.24) is 5.32 Å². The Kier molecular flexibility index (Phi) is 7.38. The second kappa shape index (κ2) is 10.2. The maximum Gasteiger partial charge on any atom is 0.293 e. The van der Waals surface area contributed by atoms with Crippen LogP contribution in [0, 0.1) is 0 Å². The number of para-hydroxylation sites is 1. The Balaban J connectivity index is 1.55. The Morgan fingerprint density at radius 3 is 2.63 bits per heavy atom. The molecule has 0 aliphatic rings. The molecule has 2 aromatic carbocycles. The number of benzene rings is 2. The Bertz CT molecular complexity index is 1020. The van der Waals surface area contributed by atoms with Gasteiger partial charge in [-0.05, 0) is 48.9 Å². The van der Waals surface area contributed by atoms with Gasteiger partial charge in [0.15, 0.2) is 5.76 Å². The van der Waals surface area contributed by atoms with E-state index >= 15 is 0 Å². The highest BCUT2D eigenvalue weighted by Gasteiger charge is 2.21. The summed E-state index contributed by atoms with van der Waals surface area (Å²) in [5.74, 6) is 0.115. The van der Waals surface area contributed by atoms with Crippen LogP contribution >= 0.6 is 23.2 Å². The molecular formula is C22H20Cl2N2O4. The number of hydrogen-bond acceptors (Lipinski definition) is 4. The van der Waals surface area contributed by atoms with Crippen LogP contribution in [0.1, 0.15) is 27.3 Å². The molecule has 1 N–H and O–H groups in total. The molecule has 0 aliphatic carbocycles. The molecule has 0 atom stereocenters. The topological polar surface area (TPSA) is 71.8 Å². The van der Waals surface area contributed by atoms with Gasteiger partial charge in [0.25, 0.3) is 11.8 Å². The van der Waals surface area contributed by atoms with Crippen molar-refractivity contribution >= 4 is 40.7 Å². The molecule has 8 heteroatoms. The standard InChI is InChI=1S/C22H20Cl2N2O4/c1-26(22(28)20-8-4-12-30-20)18-7-3-2-6-16(18)21(27)25-11-5-13-29-19-10-9-15(23)14-17(19)24/h2-4,6-10,12,14H,5,11,13H2,1H3,(H,25,27). The van der Waals surface area contributed by atoms with Gasteiger partial charge >= 0.3 is 0 Å². The van der Waals surface area contributed by atoms with E-state index in [4.69, 9.17) is 32.4 Å². The van der Waals surface area contributed by atoms with E-state index < -0.39 is 0 Å². The van der Waals surface area contributed by atoms with E-state index in [1.54, 1.807) is 61.6 Å². The summed E-state index contributed by atoms with van der Waals surface area (Å²) in [7, 11) is 1.60. The van der Waals surface area contributed by atoms with Crippen molar-refractivity contribution in [3.05, 3.63) is 82.2 Å². The average Bonchev–Trinajstić information content (AvgIpc) is 3.28. The van der Waals surface area contributed by atoms with Crippen LogP contribution < -0.4 is 15.0 Å². The Labute approximate surface area is 184 Å². The molecule has 0 fully saturated rings. The average molecular weight is 447 g/mol. The van der Waals surface area contributed by atoms with Gasteiger partial charge in [-0.3, -0.25) is 9.59 Å².